The number of carbonyl (C=O) groups is 2. The molecule has 6 heteroatoms. The van der Waals surface area contributed by atoms with Crippen LogP contribution in [0, 0.1) is 36.0 Å². The van der Waals surface area contributed by atoms with E-state index in [0.717, 1.165) is 42.5 Å². The van der Waals surface area contributed by atoms with E-state index in [2.05, 4.69) is 55.3 Å². The van der Waals surface area contributed by atoms with Crippen molar-refractivity contribution in [2.75, 3.05) is 0 Å². The van der Waals surface area contributed by atoms with E-state index in [1.54, 1.807) is 11.2 Å². The Morgan fingerprint density at radius 1 is 1.02 bits per heavy atom. The fraction of sp³-hybridized carbons (Fsp3) is 0.600. The maximum Gasteiger partial charge on any atom is 0.245 e. The number of amides is 2. The van der Waals surface area contributed by atoms with Crippen LogP contribution >= 0.6 is 0 Å². The third-order valence-electron chi connectivity index (χ3n) is 11.5. The number of nitrogens with zero attached hydrogens (tertiary/aromatic N) is 1. The monoisotopic (exact) mass is 555 g/mol. The molecule has 8 rings (SSSR count). The number of carbonyl (C=O) groups excluding carboxylic acids is 2. The van der Waals surface area contributed by atoms with Crippen molar-refractivity contribution in [3.05, 3.63) is 59.7 Å². The van der Waals surface area contributed by atoms with Gasteiger partial charge in [-0.25, -0.2) is 0 Å². The van der Waals surface area contributed by atoms with E-state index in [-0.39, 0.29) is 41.1 Å². The molecule has 0 aliphatic heterocycles. The van der Waals surface area contributed by atoms with Gasteiger partial charge in [0.15, 0.2) is 0 Å². The molecule has 5 saturated carbocycles. The van der Waals surface area contributed by atoms with E-state index in [1.807, 2.05) is 26.0 Å². The van der Waals surface area contributed by atoms with Crippen molar-refractivity contribution in [1.82, 2.24) is 15.2 Å². The molecule has 2 atom stereocenters. The van der Waals surface area contributed by atoms with E-state index in [0.29, 0.717) is 12.2 Å². The Labute approximate surface area is 243 Å². The second kappa shape index (κ2) is 9.24. The quantitative estimate of drug-likeness (QED) is 0.311. The molecule has 5 aliphatic carbocycles. The molecule has 1 aromatic carbocycles. The summed E-state index contributed by atoms with van der Waals surface area (Å²) in [6.45, 7) is 10.8. The van der Waals surface area contributed by atoms with Gasteiger partial charge in [-0.05, 0) is 118 Å². The summed E-state index contributed by atoms with van der Waals surface area (Å²) in [6, 6.07) is 12.2. The first-order valence-electron chi connectivity index (χ1n) is 15.7. The zero-order valence-corrected chi connectivity index (χ0v) is 25.3. The molecule has 2 aromatic heterocycles. The molecule has 218 valence electrons. The lowest BCUT2D eigenvalue weighted by atomic mass is 9.53. The molecule has 0 spiro atoms. The summed E-state index contributed by atoms with van der Waals surface area (Å²) < 4.78 is 5.70. The summed E-state index contributed by atoms with van der Waals surface area (Å²) in [7, 11) is 0. The molecule has 2 heterocycles. The molecule has 2 amide bonds. The Hall–Kier alpha value is -3.02. The van der Waals surface area contributed by atoms with Crippen LogP contribution in [0.4, 0.5) is 0 Å². The van der Waals surface area contributed by atoms with Crippen molar-refractivity contribution in [2.24, 2.45) is 29.1 Å². The highest BCUT2D eigenvalue weighted by Crippen LogP contribution is 2.67. The van der Waals surface area contributed by atoms with Gasteiger partial charge < -0.3 is 19.6 Å². The SMILES string of the molecule is Cc1[nH]c2ccccc2c1C1C(CC(=O)N(Cc2ccco2)C(C)(C)C(=O)NC23CC4CC(CC(C4)C2)C3)C1(C)C. The van der Waals surface area contributed by atoms with Gasteiger partial charge in [-0.1, -0.05) is 32.0 Å². The summed E-state index contributed by atoms with van der Waals surface area (Å²) in [4.78, 5) is 33.8. The van der Waals surface area contributed by atoms with Crippen LogP contribution in [0.25, 0.3) is 10.9 Å². The largest absolute Gasteiger partial charge is 0.467 e. The summed E-state index contributed by atoms with van der Waals surface area (Å²) in [5, 5.41) is 4.81. The van der Waals surface area contributed by atoms with Crippen LogP contribution < -0.4 is 5.32 Å². The van der Waals surface area contributed by atoms with Gasteiger partial charge in [0.2, 0.25) is 11.8 Å². The Morgan fingerprint density at radius 2 is 1.68 bits per heavy atom. The van der Waals surface area contributed by atoms with Gasteiger partial charge >= 0.3 is 0 Å². The Bertz CT molecular complexity index is 1440. The molecule has 3 aromatic rings. The molecule has 2 N–H and O–H groups in total. The van der Waals surface area contributed by atoms with Crippen molar-refractivity contribution < 1.29 is 14.0 Å². The number of rotatable bonds is 8. The summed E-state index contributed by atoms with van der Waals surface area (Å²) in [5.74, 6) is 3.41. The average Bonchev–Trinajstić information content (AvgIpc) is 3.27. The van der Waals surface area contributed by atoms with Gasteiger partial charge in [0, 0.05) is 28.6 Å². The first kappa shape index (κ1) is 26.9. The molecular formula is C35H45N3O3. The van der Waals surface area contributed by atoms with Crippen LogP contribution in [0.1, 0.15) is 95.6 Å². The molecule has 0 saturated heterocycles. The number of H-pyrrole nitrogens is 1. The zero-order chi connectivity index (χ0) is 28.7. The first-order chi connectivity index (χ1) is 19.5. The van der Waals surface area contributed by atoms with Crippen LogP contribution in [0.5, 0.6) is 0 Å². The average molecular weight is 556 g/mol. The van der Waals surface area contributed by atoms with Crippen LogP contribution in [-0.4, -0.2) is 32.8 Å². The Morgan fingerprint density at radius 3 is 2.32 bits per heavy atom. The number of nitrogens with one attached hydrogen (secondary N) is 2. The highest BCUT2D eigenvalue weighted by atomic mass is 16.3. The van der Waals surface area contributed by atoms with Gasteiger partial charge in [0.1, 0.15) is 11.3 Å². The van der Waals surface area contributed by atoms with Crippen molar-refractivity contribution in [2.45, 2.75) is 103 Å². The molecular weight excluding hydrogens is 510 g/mol. The molecule has 2 unspecified atom stereocenters. The van der Waals surface area contributed by atoms with Crippen LogP contribution in [0.2, 0.25) is 0 Å². The van der Waals surface area contributed by atoms with Crippen LogP contribution in [0.15, 0.2) is 47.1 Å². The molecule has 5 fully saturated rings. The van der Waals surface area contributed by atoms with Gasteiger partial charge in [0.05, 0.1) is 12.8 Å². The number of aromatic amines is 1. The van der Waals surface area contributed by atoms with E-state index in [4.69, 9.17) is 4.42 Å². The number of aromatic nitrogens is 1. The number of hydrogen-bond donors (Lipinski definition) is 2. The van der Waals surface area contributed by atoms with Crippen LogP contribution in [-0.2, 0) is 16.1 Å². The predicted molar refractivity (Wildman–Crippen MR) is 160 cm³/mol. The molecule has 41 heavy (non-hydrogen) atoms. The second-order valence-corrected chi connectivity index (χ2v) is 15.1. The lowest BCUT2D eigenvalue weighted by molar-refractivity contribution is -0.150. The van der Waals surface area contributed by atoms with Crippen molar-refractivity contribution >= 4 is 22.7 Å². The van der Waals surface area contributed by atoms with E-state index < -0.39 is 5.54 Å². The number of fused-ring (bicyclic) bond motifs is 1. The fourth-order valence-electron chi connectivity index (χ4n) is 9.63. The maximum absolute atomic E-state index is 14.3. The van der Waals surface area contributed by atoms with Gasteiger partial charge in [0.25, 0.3) is 0 Å². The number of hydrogen-bond acceptors (Lipinski definition) is 3. The zero-order valence-electron chi connectivity index (χ0n) is 25.3. The van der Waals surface area contributed by atoms with Gasteiger partial charge in [-0.15, -0.1) is 0 Å². The van der Waals surface area contributed by atoms with Crippen LogP contribution in [0.3, 0.4) is 0 Å². The number of aryl methyl sites for hydroxylation is 1. The lowest BCUT2D eigenvalue weighted by Crippen LogP contribution is -2.65. The molecule has 4 bridgehead atoms. The summed E-state index contributed by atoms with van der Waals surface area (Å²) >= 11 is 0. The van der Waals surface area contributed by atoms with E-state index in [1.165, 1.54) is 35.9 Å². The third kappa shape index (κ3) is 4.44. The first-order valence-corrected chi connectivity index (χ1v) is 15.7. The van der Waals surface area contributed by atoms with Gasteiger partial charge in [-0.2, -0.15) is 0 Å². The molecule has 5 aliphatic rings. The number of benzene rings is 1. The second-order valence-electron chi connectivity index (χ2n) is 15.1. The Kier molecular flexibility index (Phi) is 6.05. The third-order valence-corrected chi connectivity index (χ3v) is 11.5. The van der Waals surface area contributed by atoms with Crippen molar-refractivity contribution in [3.63, 3.8) is 0 Å². The highest BCUT2D eigenvalue weighted by molar-refractivity contribution is 5.92. The minimum Gasteiger partial charge on any atom is -0.467 e. The summed E-state index contributed by atoms with van der Waals surface area (Å²) in [5.41, 5.74) is 2.56. The summed E-state index contributed by atoms with van der Waals surface area (Å²) in [6.07, 6.45) is 9.31. The predicted octanol–water partition coefficient (Wildman–Crippen LogP) is 7.09. The standard InChI is InChI=1S/C35H45N3O3/c1-21-30(26-10-6-7-11-28(26)36-21)31-27(33(31,2)3)16-29(39)38(20-25-9-8-12-41-25)34(4,5)32(40)37-35-17-22-13-23(18-35)15-24(14-22)19-35/h6-12,22-24,27,31,36H,13-20H2,1-5H3,(H,37,40). The topological polar surface area (TPSA) is 78.3 Å². The normalized spacial score (nSPS) is 31.4. The maximum atomic E-state index is 14.3. The van der Waals surface area contributed by atoms with Crippen molar-refractivity contribution in [3.8, 4) is 0 Å². The van der Waals surface area contributed by atoms with E-state index >= 15 is 0 Å². The number of para-hydroxylation sites is 1. The number of furan rings is 1. The molecule has 0 radical (unpaired) electrons. The smallest absolute Gasteiger partial charge is 0.245 e. The lowest BCUT2D eigenvalue weighted by Gasteiger charge is -2.57. The van der Waals surface area contributed by atoms with Gasteiger partial charge in [-0.3, -0.25) is 9.59 Å². The Balaban J connectivity index is 1.13. The fourth-order valence-corrected chi connectivity index (χ4v) is 9.63. The van der Waals surface area contributed by atoms with Crippen molar-refractivity contribution in [1.29, 1.82) is 0 Å². The minimum absolute atomic E-state index is 0.00661. The van der Waals surface area contributed by atoms with E-state index in [9.17, 15) is 9.59 Å². The molecule has 6 nitrogen and oxygen atoms in total. The highest BCUT2D eigenvalue weighted by Gasteiger charge is 2.60. The minimum atomic E-state index is -1.00.